The van der Waals surface area contributed by atoms with Crippen LogP contribution in [0.1, 0.15) is 29.0 Å². The lowest BCUT2D eigenvalue weighted by atomic mass is 9.84. The highest BCUT2D eigenvalue weighted by Gasteiger charge is 2.29. The van der Waals surface area contributed by atoms with E-state index in [1.165, 1.54) is 11.1 Å². The van der Waals surface area contributed by atoms with Crippen LogP contribution in [0.4, 0.5) is 0 Å². The number of carbonyl (C=O) groups excluding carboxylic acids is 1. The van der Waals surface area contributed by atoms with E-state index >= 15 is 0 Å². The van der Waals surface area contributed by atoms with E-state index in [-0.39, 0.29) is 11.9 Å². The zero-order chi connectivity index (χ0) is 12.5. The van der Waals surface area contributed by atoms with Gasteiger partial charge in [0.2, 0.25) is 0 Å². The van der Waals surface area contributed by atoms with Crippen molar-refractivity contribution in [3.8, 4) is 5.75 Å². The second-order valence-corrected chi connectivity index (χ2v) is 4.63. The third kappa shape index (κ3) is 1.80. The Kier molecular flexibility index (Phi) is 2.63. The van der Waals surface area contributed by atoms with E-state index in [0.29, 0.717) is 12.2 Å². The third-order valence-electron chi connectivity index (χ3n) is 3.43. The van der Waals surface area contributed by atoms with Crippen molar-refractivity contribution < 1.29 is 9.53 Å². The van der Waals surface area contributed by atoms with E-state index < -0.39 is 0 Å². The van der Waals surface area contributed by atoms with Crippen LogP contribution in [0.5, 0.6) is 5.75 Å². The zero-order valence-corrected chi connectivity index (χ0v) is 10.2. The summed E-state index contributed by atoms with van der Waals surface area (Å²) in [6.07, 6.45) is 0.419. The number of hydrogen-bond acceptors (Lipinski definition) is 2. The maximum atomic E-state index is 11.7. The van der Waals surface area contributed by atoms with Crippen molar-refractivity contribution in [2.45, 2.75) is 19.3 Å². The summed E-state index contributed by atoms with van der Waals surface area (Å²) in [7, 11) is 0. The lowest BCUT2D eigenvalue weighted by Crippen LogP contribution is -2.21. The van der Waals surface area contributed by atoms with Gasteiger partial charge in [-0.25, -0.2) is 0 Å². The van der Waals surface area contributed by atoms with Gasteiger partial charge in [0.25, 0.3) is 0 Å². The van der Waals surface area contributed by atoms with E-state index in [1.54, 1.807) is 0 Å². The summed E-state index contributed by atoms with van der Waals surface area (Å²) in [4.78, 5) is 11.7. The van der Waals surface area contributed by atoms with Crippen LogP contribution in [0, 0.1) is 6.92 Å². The summed E-state index contributed by atoms with van der Waals surface area (Å²) in [6, 6.07) is 16.0. The molecule has 90 valence electrons. The van der Waals surface area contributed by atoms with E-state index in [2.05, 4.69) is 25.1 Å². The van der Waals surface area contributed by atoms with Gasteiger partial charge in [-0.1, -0.05) is 42.5 Å². The minimum Gasteiger partial charge on any atom is -0.426 e. The number of esters is 1. The Hall–Kier alpha value is -2.09. The summed E-state index contributed by atoms with van der Waals surface area (Å²) >= 11 is 0. The van der Waals surface area contributed by atoms with Crippen LogP contribution in [-0.4, -0.2) is 5.97 Å². The van der Waals surface area contributed by atoms with Crippen LogP contribution in [0.25, 0.3) is 0 Å². The molecule has 0 unspecified atom stereocenters. The van der Waals surface area contributed by atoms with Crippen molar-refractivity contribution in [1.82, 2.24) is 0 Å². The van der Waals surface area contributed by atoms with Crippen molar-refractivity contribution in [1.29, 1.82) is 0 Å². The minimum absolute atomic E-state index is 0.114. The third-order valence-corrected chi connectivity index (χ3v) is 3.43. The second-order valence-electron chi connectivity index (χ2n) is 4.63. The molecule has 1 heterocycles. The van der Waals surface area contributed by atoms with Crippen LogP contribution < -0.4 is 4.74 Å². The Labute approximate surface area is 106 Å². The first-order chi connectivity index (χ1) is 8.75. The number of fused-ring (bicyclic) bond motifs is 1. The smallest absolute Gasteiger partial charge is 0.312 e. The molecule has 0 fully saturated rings. The fourth-order valence-electron chi connectivity index (χ4n) is 2.59. The molecule has 0 aliphatic carbocycles. The summed E-state index contributed by atoms with van der Waals surface area (Å²) in [5.74, 6) is 0.672. The van der Waals surface area contributed by atoms with E-state index in [1.807, 2.05) is 30.3 Å². The first kappa shape index (κ1) is 11.0. The summed E-state index contributed by atoms with van der Waals surface area (Å²) < 4.78 is 5.33. The monoisotopic (exact) mass is 238 g/mol. The average molecular weight is 238 g/mol. The first-order valence-electron chi connectivity index (χ1n) is 6.11. The van der Waals surface area contributed by atoms with Gasteiger partial charge in [0, 0.05) is 11.5 Å². The number of hydrogen-bond donors (Lipinski definition) is 0. The van der Waals surface area contributed by atoms with Gasteiger partial charge < -0.3 is 4.74 Å². The quantitative estimate of drug-likeness (QED) is 0.562. The van der Waals surface area contributed by atoms with Crippen LogP contribution in [0.2, 0.25) is 0 Å². The molecular formula is C16H14O2. The summed E-state index contributed by atoms with van der Waals surface area (Å²) in [6.45, 7) is 2.06. The highest BCUT2D eigenvalue weighted by atomic mass is 16.5. The molecule has 1 aliphatic rings. The van der Waals surface area contributed by atoms with Crippen molar-refractivity contribution in [2.75, 3.05) is 0 Å². The molecule has 2 aromatic rings. The Morgan fingerprint density at radius 3 is 2.61 bits per heavy atom. The van der Waals surface area contributed by atoms with Gasteiger partial charge >= 0.3 is 5.97 Å². The number of ether oxygens (including phenoxy) is 1. The van der Waals surface area contributed by atoms with Gasteiger partial charge in [-0.2, -0.15) is 0 Å². The van der Waals surface area contributed by atoms with Crippen LogP contribution in [-0.2, 0) is 4.79 Å². The van der Waals surface area contributed by atoms with Crippen molar-refractivity contribution in [3.05, 3.63) is 65.2 Å². The number of carbonyl (C=O) groups is 1. The Balaban J connectivity index is 2.15. The van der Waals surface area contributed by atoms with Gasteiger partial charge in [-0.15, -0.1) is 0 Å². The topological polar surface area (TPSA) is 26.3 Å². The Morgan fingerprint density at radius 1 is 1.06 bits per heavy atom. The van der Waals surface area contributed by atoms with Gasteiger partial charge in [-0.05, 0) is 24.1 Å². The molecule has 0 saturated heterocycles. The lowest BCUT2D eigenvalue weighted by Gasteiger charge is -2.26. The molecule has 1 atom stereocenters. The number of benzene rings is 2. The van der Waals surface area contributed by atoms with Gasteiger partial charge in [0.1, 0.15) is 5.75 Å². The molecule has 2 aromatic carbocycles. The summed E-state index contributed by atoms with van der Waals surface area (Å²) in [5.41, 5.74) is 3.49. The predicted molar refractivity (Wildman–Crippen MR) is 69.7 cm³/mol. The standard InChI is InChI=1S/C16H14O2/c1-11-6-5-9-14-16(11)13(10-15(17)18-14)12-7-3-2-4-8-12/h2-9,13H,10H2,1H3/t13-/m0/s1. The van der Waals surface area contributed by atoms with Crippen molar-refractivity contribution >= 4 is 5.97 Å². The fourth-order valence-corrected chi connectivity index (χ4v) is 2.59. The Bertz CT molecular complexity index is 587. The van der Waals surface area contributed by atoms with Gasteiger partial charge in [-0.3, -0.25) is 4.79 Å². The highest BCUT2D eigenvalue weighted by molar-refractivity contribution is 5.78. The van der Waals surface area contributed by atoms with E-state index in [4.69, 9.17) is 4.74 Å². The van der Waals surface area contributed by atoms with Crippen LogP contribution >= 0.6 is 0 Å². The minimum atomic E-state index is -0.151. The first-order valence-corrected chi connectivity index (χ1v) is 6.11. The fraction of sp³-hybridized carbons (Fsp3) is 0.188. The molecule has 1 aliphatic heterocycles. The van der Waals surface area contributed by atoms with E-state index in [0.717, 1.165) is 5.56 Å². The van der Waals surface area contributed by atoms with Crippen molar-refractivity contribution in [3.63, 3.8) is 0 Å². The summed E-state index contributed by atoms with van der Waals surface area (Å²) in [5, 5.41) is 0. The molecule has 0 bridgehead atoms. The SMILES string of the molecule is Cc1cccc2c1[C@H](c1ccccc1)CC(=O)O2. The Morgan fingerprint density at radius 2 is 1.83 bits per heavy atom. The molecule has 18 heavy (non-hydrogen) atoms. The van der Waals surface area contributed by atoms with Gasteiger partial charge in [0.15, 0.2) is 0 Å². The predicted octanol–water partition coefficient (Wildman–Crippen LogP) is 3.44. The van der Waals surface area contributed by atoms with Crippen LogP contribution in [0.15, 0.2) is 48.5 Å². The molecule has 0 aromatic heterocycles. The molecule has 2 heteroatoms. The molecule has 0 radical (unpaired) electrons. The molecule has 0 saturated carbocycles. The maximum absolute atomic E-state index is 11.7. The lowest BCUT2D eigenvalue weighted by molar-refractivity contribution is -0.135. The van der Waals surface area contributed by atoms with Crippen molar-refractivity contribution in [2.24, 2.45) is 0 Å². The number of aryl methyl sites for hydroxylation is 1. The van der Waals surface area contributed by atoms with E-state index in [9.17, 15) is 4.79 Å². The highest BCUT2D eigenvalue weighted by Crippen LogP contribution is 2.40. The maximum Gasteiger partial charge on any atom is 0.312 e. The molecular weight excluding hydrogens is 224 g/mol. The molecule has 2 nitrogen and oxygen atoms in total. The number of rotatable bonds is 1. The van der Waals surface area contributed by atoms with Gasteiger partial charge in [0.05, 0.1) is 6.42 Å². The van der Waals surface area contributed by atoms with Crippen LogP contribution in [0.3, 0.4) is 0 Å². The zero-order valence-electron chi connectivity index (χ0n) is 10.2. The molecule has 3 rings (SSSR count). The molecule has 0 amide bonds. The second kappa shape index (κ2) is 4.30. The molecule has 0 N–H and O–H groups in total. The average Bonchev–Trinajstić information content (AvgIpc) is 2.39. The largest absolute Gasteiger partial charge is 0.426 e. The normalized spacial score (nSPS) is 18.1. The molecule has 0 spiro atoms.